The molecule has 0 bridgehead atoms. The summed E-state index contributed by atoms with van der Waals surface area (Å²) < 4.78 is 0. The van der Waals surface area contributed by atoms with Gasteiger partial charge in [0.1, 0.15) is 0 Å². The molecular formula is C12H26N2. The highest BCUT2D eigenvalue weighted by Gasteiger charge is 1.93. The predicted octanol–water partition coefficient (Wildman–Crippen LogP) is 3.50. The van der Waals surface area contributed by atoms with Gasteiger partial charge in [0.2, 0.25) is 0 Å². The Balaban J connectivity index is 2.99. The van der Waals surface area contributed by atoms with Gasteiger partial charge in [-0.3, -0.25) is 4.99 Å². The normalized spacial score (nSPS) is 12.0. The van der Waals surface area contributed by atoms with Crippen molar-refractivity contribution < 1.29 is 0 Å². The second-order valence-electron chi connectivity index (χ2n) is 3.94. The minimum absolute atomic E-state index is 0.802. The van der Waals surface area contributed by atoms with Gasteiger partial charge < -0.3 is 5.73 Å². The lowest BCUT2D eigenvalue weighted by molar-refractivity contribution is 0.580. The molecule has 0 aromatic rings. The Morgan fingerprint density at radius 3 is 1.93 bits per heavy atom. The van der Waals surface area contributed by atoms with E-state index in [9.17, 15) is 0 Å². The maximum atomic E-state index is 5.60. The third-order valence-electron chi connectivity index (χ3n) is 2.57. The summed E-state index contributed by atoms with van der Waals surface area (Å²) in [6.45, 7) is 2.26. The minimum Gasteiger partial charge on any atom is -0.387 e. The van der Waals surface area contributed by atoms with E-state index in [1.165, 1.54) is 51.4 Å². The van der Waals surface area contributed by atoms with Crippen LogP contribution in [0.5, 0.6) is 0 Å². The van der Waals surface area contributed by atoms with Crippen molar-refractivity contribution in [3.8, 4) is 0 Å². The third kappa shape index (κ3) is 9.56. The Morgan fingerprint density at radius 1 is 0.929 bits per heavy atom. The minimum atomic E-state index is 0.802. The fourth-order valence-electron chi connectivity index (χ4n) is 1.55. The third-order valence-corrected chi connectivity index (χ3v) is 2.57. The van der Waals surface area contributed by atoms with Crippen LogP contribution in [-0.4, -0.2) is 12.9 Å². The maximum absolute atomic E-state index is 5.60. The highest BCUT2D eigenvalue weighted by molar-refractivity contribution is 5.79. The number of nitrogens with two attached hydrogens (primary N) is 1. The van der Waals surface area contributed by atoms with Crippen LogP contribution in [0.3, 0.4) is 0 Å². The Labute approximate surface area is 89.0 Å². The van der Waals surface area contributed by atoms with Crippen LogP contribution in [0.2, 0.25) is 0 Å². The van der Waals surface area contributed by atoms with Gasteiger partial charge in [0, 0.05) is 13.5 Å². The van der Waals surface area contributed by atoms with Gasteiger partial charge in [0.25, 0.3) is 0 Å². The first kappa shape index (κ1) is 13.5. The standard InChI is InChI=1S/C12H26N2/c1-3-4-5-6-7-8-9-10-11-12(13)14-2/h3-11H2,1-2H3,(H2,13,14). The summed E-state index contributed by atoms with van der Waals surface area (Å²) >= 11 is 0. The van der Waals surface area contributed by atoms with Crippen molar-refractivity contribution in [1.82, 2.24) is 0 Å². The van der Waals surface area contributed by atoms with Crippen LogP contribution in [0.25, 0.3) is 0 Å². The number of aliphatic imine (C=N–C) groups is 1. The first-order chi connectivity index (χ1) is 6.81. The summed E-state index contributed by atoms with van der Waals surface area (Å²) in [6.07, 6.45) is 11.8. The zero-order valence-electron chi connectivity index (χ0n) is 9.89. The SMILES string of the molecule is CCCCCCCCCCC(N)=NC. The number of nitrogens with zero attached hydrogens (tertiary/aromatic N) is 1. The van der Waals surface area contributed by atoms with Crippen molar-refractivity contribution in [3.63, 3.8) is 0 Å². The van der Waals surface area contributed by atoms with Crippen LogP contribution in [0.1, 0.15) is 64.7 Å². The van der Waals surface area contributed by atoms with Crippen LogP contribution in [0, 0.1) is 0 Å². The van der Waals surface area contributed by atoms with Crippen LogP contribution in [0.4, 0.5) is 0 Å². The van der Waals surface area contributed by atoms with E-state index in [-0.39, 0.29) is 0 Å². The van der Waals surface area contributed by atoms with Crippen LogP contribution in [0.15, 0.2) is 4.99 Å². The average Bonchev–Trinajstić information content (AvgIpc) is 2.21. The molecule has 2 nitrogen and oxygen atoms in total. The lowest BCUT2D eigenvalue weighted by Gasteiger charge is -2.01. The number of rotatable bonds is 9. The zero-order chi connectivity index (χ0) is 10.6. The van der Waals surface area contributed by atoms with Crippen molar-refractivity contribution in [2.75, 3.05) is 7.05 Å². The molecule has 0 spiro atoms. The smallest absolute Gasteiger partial charge is 0.0933 e. The maximum Gasteiger partial charge on any atom is 0.0933 e. The molecule has 0 saturated carbocycles. The molecule has 0 heterocycles. The van der Waals surface area contributed by atoms with Gasteiger partial charge in [-0.15, -0.1) is 0 Å². The highest BCUT2D eigenvalue weighted by atomic mass is 14.8. The summed E-state index contributed by atoms with van der Waals surface area (Å²) in [6, 6.07) is 0. The summed E-state index contributed by atoms with van der Waals surface area (Å²) in [5.41, 5.74) is 5.60. The van der Waals surface area contributed by atoms with E-state index < -0.39 is 0 Å². The van der Waals surface area contributed by atoms with E-state index >= 15 is 0 Å². The Bertz CT molecular complexity index is 141. The summed E-state index contributed by atoms with van der Waals surface area (Å²) in [5, 5.41) is 0. The molecule has 0 fully saturated rings. The second kappa shape index (κ2) is 10.6. The highest BCUT2D eigenvalue weighted by Crippen LogP contribution is 2.09. The molecule has 0 aliphatic heterocycles. The quantitative estimate of drug-likeness (QED) is 0.344. The molecule has 0 aromatic carbocycles. The molecule has 84 valence electrons. The fourth-order valence-corrected chi connectivity index (χ4v) is 1.55. The van der Waals surface area contributed by atoms with E-state index in [0.717, 1.165) is 12.3 Å². The van der Waals surface area contributed by atoms with E-state index in [1.807, 2.05) is 0 Å². The molecule has 14 heavy (non-hydrogen) atoms. The van der Waals surface area contributed by atoms with Crippen molar-refractivity contribution in [2.45, 2.75) is 64.7 Å². The number of hydrogen-bond acceptors (Lipinski definition) is 1. The number of unbranched alkanes of at least 4 members (excludes halogenated alkanes) is 7. The Kier molecular flexibility index (Phi) is 10.2. The van der Waals surface area contributed by atoms with Gasteiger partial charge in [-0.1, -0.05) is 51.9 Å². The predicted molar refractivity (Wildman–Crippen MR) is 64.8 cm³/mol. The molecule has 0 amide bonds. The van der Waals surface area contributed by atoms with Crippen molar-refractivity contribution in [2.24, 2.45) is 10.7 Å². The molecule has 0 rings (SSSR count). The van der Waals surface area contributed by atoms with Gasteiger partial charge >= 0.3 is 0 Å². The molecule has 0 aliphatic rings. The Morgan fingerprint density at radius 2 is 1.43 bits per heavy atom. The van der Waals surface area contributed by atoms with Gasteiger partial charge in [0.15, 0.2) is 0 Å². The zero-order valence-corrected chi connectivity index (χ0v) is 9.89. The van der Waals surface area contributed by atoms with Gasteiger partial charge in [-0.2, -0.15) is 0 Å². The fraction of sp³-hybridized carbons (Fsp3) is 0.917. The number of hydrogen-bond donors (Lipinski definition) is 1. The van der Waals surface area contributed by atoms with Gasteiger partial charge in [-0.05, 0) is 6.42 Å². The van der Waals surface area contributed by atoms with E-state index in [1.54, 1.807) is 7.05 Å². The summed E-state index contributed by atoms with van der Waals surface area (Å²) in [5.74, 6) is 0.802. The average molecular weight is 198 g/mol. The molecule has 0 atom stereocenters. The van der Waals surface area contributed by atoms with E-state index in [2.05, 4.69) is 11.9 Å². The molecule has 0 saturated heterocycles. The van der Waals surface area contributed by atoms with Gasteiger partial charge in [-0.25, -0.2) is 0 Å². The first-order valence-corrected chi connectivity index (χ1v) is 6.02. The molecule has 0 unspecified atom stereocenters. The molecule has 0 radical (unpaired) electrons. The van der Waals surface area contributed by atoms with Crippen LogP contribution in [-0.2, 0) is 0 Å². The largest absolute Gasteiger partial charge is 0.387 e. The molecule has 0 aliphatic carbocycles. The lowest BCUT2D eigenvalue weighted by Crippen LogP contribution is -2.10. The second-order valence-corrected chi connectivity index (χ2v) is 3.94. The monoisotopic (exact) mass is 198 g/mol. The molecule has 2 N–H and O–H groups in total. The summed E-state index contributed by atoms with van der Waals surface area (Å²) in [4.78, 5) is 3.94. The van der Waals surface area contributed by atoms with Crippen LogP contribution >= 0.6 is 0 Å². The molecule has 0 aromatic heterocycles. The van der Waals surface area contributed by atoms with E-state index in [4.69, 9.17) is 5.73 Å². The summed E-state index contributed by atoms with van der Waals surface area (Å²) in [7, 11) is 1.76. The van der Waals surface area contributed by atoms with Crippen molar-refractivity contribution in [3.05, 3.63) is 0 Å². The van der Waals surface area contributed by atoms with Gasteiger partial charge in [0.05, 0.1) is 5.84 Å². The van der Waals surface area contributed by atoms with E-state index in [0.29, 0.717) is 0 Å². The number of amidine groups is 1. The van der Waals surface area contributed by atoms with Crippen molar-refractivity contribution in [1.29, 1.82) is 0 Å². The molecular weight excluding hydrogens is 172 g/mol. The molecule has 2 heteroatoms. The Hall–Kier alpha value is -0.530. The topological polar surface area (TPSA) is 38.4 Å². The first-order valence-electron chi connectivity index (χ1n) is 6.02. The lowest BCUT2D eigenvalue weighted by atomic mass is 10.1. The van der Waals surface area contributed by atoms with Crippen molar-refractivity contribution >= 4 is 5.84 Å². The van der Waals surface area contributed by atoms with Crippen LogP contribution < -0.4 is 5.73 Å².